The molecule has 2 saturated heterocycles. The van der Waals surface area contributed by atoms with Crippen molar-refractivity contribution in [2.75, 3.05) is 6.61 Å². The maximum Gasteiger partial charge on any atom is 0.217 e. The summed E-state index contributed by atoms with van der Waals surface area (Å²) in [6.07, 6.45) is -15.7. The Morgan fingerprint density at radius 1 is 0.973 bits per heavy atom. The highest BCUT2D eigenvalue weighted by atomic mass is 32.3. The second-order valence-corrected chi connectivity index (χ2v) is 11.4. The van der Waals surface area contributed by atoms with E-state index in [1.165, 1.54) is 13.8 Å². The summed E-state index contributed by atoms with van der Waals surface area (Å²) in [5, 5.41) is 43.6. The zero-order valence-electron chi connectivity index (χ0n) is 20.1. The van der Waals surface area contributed by atoms with Gasteiger partial charge in [-0.2, -0.15) is 0 Å². The quantitative estimate of drug-likeness (QED) is 0.132. The first-order chi connectivity index (χ1) is 16.8. The van der Waals surface area contributed by atoms with Gasteiger partial charge in [0.25, 0.3) is 0 Å². The van der Waals surface area contributed by atoms with Gasteiger partial charge in [-0.15, -0.1) is 0 Å². The van der Waals surface area contributed by atoms with Crippen molar-refractivity contribution in [1.29, 1.82) is 0 Å². The Hall–Kier alpha value is -1.07. The summed E-state index contributed by atoms with van der Waals surface area (Å²) in [4.78, 5) is 11.6. The van der Waals surface area contributed by atoms with Gasteiger partial charge in [0.2, 0.25) is 10.4 Å². The smallest absolute Gasteiger partial charge is 0.217 e. The minimum absolute atomic E-state index is 0.523. The number of rotatable bonds is 11. The van der Waals surface area contributed by atoms with Crippen LogP contribution in [0, 0.1) is 11.8 Å². The van der Waals surface area contributed by atoms with Crippen LogP contribution in [0.15, 0.2) is 0 Å². The highest BCUT2D eigenvalue weighted by Crippen LogP contribution is 2.35. The van der Waals surface area contributed by atoms with Crippen LogP contribution < -0.4 is 9.83 Å². The lowest BCUT2D eigenvalue weighted by atomic mass is 9.80. The van der Waals surface area contributed by atoms with Crippen LogP contribution >= 0.6 is 0 Å². The molecule has 0 bridgehead atoms. The number of aliphatic hydroxyl groups excluding tert-OH is 3. The zero-order chi connectivity index (χ0) is 28.5. The Morgan fingerprint density at radius 3 is 2.03 bits per heavy atom. The van der Waals surface area contributed by atoms with Gasteiger partial charge in [-0.1, -0.05) is 13.8 Å². The maximum absolute atomic E-state index is 11.6. The van der Waals surface area contributed by atoms with Crippen LogP contribution in [-0.2, 0) is 48.6 Å². The van der Waals surface area contributed by atoms with Crippen molar-refractivity contribution in [3.05, 3.63) is 0 Å². The molecule has 218 valence electrons. The second-order valence-electron chi connectivity index (χ2n) is 9.16. The van der Waals surface area contributed by atoms with Crippen LogP contribution in [0.2, 0.25) is 0 Å². The molecule has 0 aliphatic carbocycles. The number of nitrogens with one attached hydrogen (secondary N) is 1. The molecule has 0 saturated carbocycles. The maximum atomic E-state index is 11.6. The van der Waals surface area contributed by atoms with Crippen LogP contribution in [0.1, 0.15) is 27.7 Å². The largest absolute Gasteiger partial charge is 0.735 e. The van der Waals surface area contributed by atoms with Gasteiger partial charge >= 0.3 is 0 Å². The van der Waals surface area contributed by atoms with Crippen molar-refractivity contribution < 1.29 is 74.3 Å². The summed E-state index contributed by atoms with van der Waals surface area (Å²) in [5.41, 5.74) is 0. The van der Waals surface area contributed by atoms with E-state index in [1.54, 1.807) is 18.6 Å². The molecule has 17 nitrogen and oxygen atoms in total. The van der Waals surface area contributed by atoms with E-state index in [0.29, 0.717) is 0 Å². The Bertz CT molecular complexity index is 986. The molecule has 2 unspecified atom stereocenters. The molecule has 2 aliphatic heterocycles. The Kier molecular flexibility index (Phi) is 10.8. The summed E-state index contributed by atoms with van der Waals surface area (Å²) in [6, 6.07) is -1.87. The third kappa shape index (κ3) is 8.71. The van der Waals surface area contributed by atoms with E-state index in [4.69, 9.17) is 18.9 Å². The average Bonchev–Trinajstić information content (AvgIpc) is 2.72. The molecule has 2 aliphatic rings. The van der Waals surface area contributed by atoms with Gasteiger partial charge in [-0.05, 0) is 19.8 Å². The molecule has 0 aromatic heterocycles. The Labute approximate surface area is 213 Å². The van der Waals surface area contributed by atoms with Gasteiger partial charge in [0.05, 0.1) is 24.8 Å². The minimum Gasteiger partial charge on any atom is -0.735 e. The van der Waals surface area contributed by atoms with E-state index in [0.717, 1.165) is 0 Å². The average molecular weight is 581 g/mol. The van der Waals surface area contributed by atoms with E-state index < -0.39 is 106 Å². The SMILES string of the molecule is CC(C)O[C@H]1O[C@H](COS(=O)(=O)[O-])C(O[C@H]2O[C@@H](C(=O)[O-])C(C(C)C)[C@H](O)[C@H]2O)[C@H](O)[C@H]1NS(=O)(=O)[O-]. The summed E-state index contributed by atoms with van der Waals surface area (Å²) in [6.45, 7) is 4.93. The number of hydrogen-bond acceptors (Lipinski definition) is 16. The fourth-order valence-electron chi connectivity index (χ4n) is 4.16. The predicted molar refractivity (Wildman–Crippen MR) is 112 cm³/mol. The number of carboxylic acids is 1. The van der Waals surface area contributed by atoms with Crippen LogP contribution in [0.5, 0.6) is 0 Å². The number of carbonyl (C=O) groups is 1. The monoisotopic (exact) mass is 580 g/mol. The van der Waals surface area contributed by atoms with Gasteiger partial charge < -0.3 is 53.3 Å². The number of ether oxygens (including phenoxy) is 4. The van der Waals surface area contributed by atoms with Crippen molar-refractivity contribution in [2.45, 2.75) is 89.0 Å². The van der Waals surface area contributed by atoms with Gasteiger partial charge in [-0.3, -0.25) is 4.18 Å². The lowest BCUT2D eigenvalue weighted by molar-refractivity contribution is -0.365. The number of aliphatic hydroxyl groups is 3. The molecule has 2 heterocycles. The summed E-state index contributed by atoms with van der Waals surface area (Å²) in [7, 11) is -10.6. The highest BCUT2D eigenvalue weighted by molar-refractivity contribution is 7.83. The molecule has 4 N–H and O–H groups in total. The molecule has 2 rings (SSSR count). The van der Waals surface area contributed by atoms with Crippen molar-refractivity contribution in [1.82, 2.24) is 4.72 Å². The second kappa shape index (κ2) is 12.4. The highest BCUT2D eigenvalue weighted by Gasteiger charge is 2.52. The molecule has 0 radical (unpaired) electrons. The fourth-order valence-corrected chi connectivity index (χ4v) is 5.04. The lowest BCUT2D eigenvalue weighted by Crippen LogP contribution is -2.68. The van der Waals surface area contributed by atoms with Gasteiger partial charge in [0.1, 0.15) is 36.6 Å². The molecule has 10 atom stereocenters. The van der Waals surface area contributed by atoms with Crippen LogP contribution in [0.4, 0.5) is 0 Å². The predicted octanol–water partition coefficient (Wildman–Crippen LogP) is -4.75. The number of hydrogen-bond donors (Lipinski definition) is 4. The third-order valence-corrected chi connectivity index (χ3v) is 6.67. The standard InChI is InChI=1S/C18H33NO16S2/c1-6(2)9-11(20)13(22)18(35-15(9)16(23)24)34-14-8(5-31-37(28,29)30)33-17(32-7(3)4)10(12(14)21)19-36(25,26)27/h6-15,17-22H,5H2,1-4H3,(H,23,24)(H,25,26,27)(H,28,29,30)/p-3/t8-,9?,10-,11+,12-,13-,14?,15-,17+,18+/m1/s1. The van der Waals surface area contributed by atoms with Crippen LogP contribution in [0.3, 0.4) is 0 Å². The topological polar surface area (TPSA) is 273 Å². The normalized spacial score (nSPS) is 37.7. The number of carboxylic acid groups (broad SMARTS) is 1. The minimum atomic E-state index is -5.31. The molecule has 0 aromatic rings. The molecule has 0 spiro atoms. The van der Waals surface area contributed by atoms with E-state index in [2.05, 4.69) is 4.18 Å². The van der Waals surface area contributed by atoms with E-state index in [-0.39, 0.29) is 0 Å². The molecule has 0 aromatic carbocycles. The molecule has 2 fully saturated rings. The van der Waals surface area contributed by atoms with Crippen molar-refractivity contribution in [3.8, 4) is 0 Å². The molecule has 0 amide bonds. The summed E-state index contributed by atoms with van der Waals surface area (Å²) >= 11 is 0. The molecule has 37 heavy (non-hydrogen) atoms. The van der Waals surface area contributed by atoms with E-state index >= 15 is 0 Å². The van der Waals surface area contributed by atoms with Crippen molar-refractivity contribution in [2.24, 2.45) is 11.8 Å². The zero-order valence-corrected chi connectivity index (χ0v) is 21.7. The Balaban J connectivity index is 2.43. The number of carbonyl (C=O) groups excluding carboxylic acids is 1. The third-order valence-electron chi connectivity index (χ3n) is 5.68. The lowest BCUT2D eigenvalue weighted by Gasteiger charge is -2.49. The van der Waals surface area contributed by atoms with Crippen molar-refractivity contribution >= 4 is 26.7 Å². The van der Waals surface area contributed by atoms with Crippen molar-refractivity contribution in [3.63, 3.8) is 0 Å². The van der Waals surface area contributed by atoms with Gasteiger partial charge in [-0.25, -0.2) is 21.6 Å². The first-order valence-electron chi connectivity index (χ1n) is 11.0. The van der Waals surface area contributed by atoms with Gasteiger partial charge in [0.15, 0.2) is 22.9 Å². The first kappa shape index (κ1) is 32.1. The number of aliphatic carboxylic acids is 1. The fraction of sp³-hybridized carbons (Fsp3) is 0.944. The summed E-state index contributed by atoms with van der Waals surface area (Å²) < 4.78 is 94.4. The summed E-state index contributed by atoms with van der Waals surface area (Å²) in [5.74, 6) is -3.44. The molecule has 19 heteroatoms. The van der Waals surface area contributed by atoms with E-state index in [1.807, 2.05) is 0 Å². The molecular weight excluding hydrogens is 550 g/mol. The van der Waals surface area contributed by atoms with Crippen LogP contribution in [-0.4, -0.2) is 115 Å². The van der Waals surface area contributed by atoms with Gasteiger partial charge in [0, 0.05) is 5.92 Å². The van der Waals surface area contributed by atoms with E-state index in [9.17, 15) is 51.2 Å². The Morgan fingerprint density at radius 2 is 1.57 bits per heavy atom. The molecular formula is C18H30NO16S2-3. The van der Waals surface area contributed by atoms with Crippen LogP contribution in [0.25, 0.3) is 0 Å². The first-order valence-corrected chi connectivity index (χ1v) is 13.8.